The molecule has 0 aliphatic heterocycles. The Morgan fingerprint density at radius 3 is 2.31 bits per heavy atom. The Morgan fingerprint density at radius 1 is 1.24 bits per heavy atom. The van der Waals surface area contributed by atoms with Gasteiger partial charge in [0.15, 0.2) is 5.82 Å². The van der Waals surface area contributed by atoms with E-state index in [1.807, 2.05) is 0 Å². The fourth-order valence-electron chi connectivity index (χ4n) is 2.42. The summed E-state index contributed by atoms with van der Waals surface area (Å²) >= 11 is 0. The lowest BCUT2D eigenvalue weighted by molar-refractivity contribution is -0.0500. The summed E-state index contributed by atoms with van der Waals surface area (Å²) in [6, 6.07) is -0.408. The molecule has 7 nitrogen and oxygen atoms in total. The molecule has 0 radical (unpaired) electrons. The lowest BCUT2D eigenvalue weighted by Gasteiger charge is -2.20. The highest BCUT2D eigenvalue weighted by atomic mass is 32.2. The van der Waals surface area contributed by atoms with Gasteiger partial charge in [-0.2, -0.15) is 26.0 Å². The molecule has 160 valence electrons. The van der Waals surface area contributed by atoms with E-state index >= 15 is 0 Å². The molecule has 0 saturated heterocycles. The van der Waals surface area contributed by atoms with Gasteiger partial charge in [-0.25, -0.2) is 9.18 Å². The van der Waals surface area contributed by atoms with Crippen LogP contribution < -0.4 is 9.61 Å². The molecule has 0 bridgehead atoms. The number of pyridine rings is 1. The molecule has 0 spiro atoms. The third-order valence-corrected chi connectivity index (χ3v) is 4.65. The minimum Gasteiger partial charge on any atom is -0.462 e. The standard InChI is InChI=1S/C16H14F5NO6S/c1-4-27-15(24)9-6-22(7(2)3)12-8(13(9)23)5-10(17)11(18)14(12)28-29(25,26)16(19,20)21/h5-7H,4H2,1-3H3. The maximum atomic E-state index is 14.3. The molecule has 0 N–H and O–H groups in total. The van der Waals surface area contributed by atoms with Crippen LogP contribution in [0.2, 0.25) is 0 Å². The molecule has 13 heteroatoms. The van der Waals surface area contributed by atoms with Gasteiger partial charge in [0.25, 0.3) is 0 Å². The molecular formula is C16H14F5NO6S. The summed E-state index contributed by atoms with van der Waals surface area (Å²) in [6.45, 7) is 4.20. The molecule has 0 fully saturated rings. The van der Waals surface area contributed by atoms with Crippen molar-refractivity contribution in [2.24, 2.45) is 0 Å². The van der Waals surface area contributed by atoms with Crippen molar-refractivity contribution < 1.29 is 44.1 Å². The fraction of sp³-hybridized carbons (Fsp3) is 0.375. The average Bonchev–Trinajstić information content (AvgIpc) is 2.58. The van der Waals surface area contributed by atoms with Gasteiger partial charge < -0.3 is 13.5 Å². The Hall–Kier alpha value is -2.70. The van der Waals surface area contributed by atoms with Crippen molar-refractivity contribution in [3.63, 3.8) is 0 Å². The number of rotatable bonds is 5. The van der Waals surface area contributed by atoms with Crippen LogP contribution in [0.5, 0.6) is 5.75 Å². The van der Waals surface area contributed by atoms with Gasteiger partial charge in [0.2, 0.25) is 17.0 Å². The molecule has 0 unspecified atom stereocenters. The number of hydrogen-bond acceptors (Lipinski definition) is 6. The van der Waals surface area contributed by atoms with Gasteiger partial charge >= 0.3 is 21.6 Å². The van der Waals surface area contributed by atoms with E-state index in [9.17, 15) is 40.0 Å². The molecule has 0 amide bonds. The number of carbonyl (C=O) groups is 1. The first-order valence-electron chi connectivity index (χ1n) is 7.97. The summed E-state index contributed by atoms with van der Waals surface area (Å²) in [5.74, 6) is -6.66. The Morgan fingerprint density at radius 2 is 1.83 bits per heavy atom. The molecule has 0 aliphatic carbocycles. The number of ether oxygens (including phenoxy) is 1. The number of aromatic nitrogens is 1. The first-order valence-corrected chi connectivity index (χ1v) is 9.38. The van der Waals surface area contributed by atoms with Crippen molar-refractivity contribution >= 4 is 27.0 Å². The summed E-state index contributed by atoms with van der Waals surface area (Å²) in [5.41, 5.74) is -8.52. The maximum Gasteiger partial charge on any atom is 0.534 e. The van der Waals surface area contributed by atoms with Crippen LogP contribution in [-0.2, 0) is 14.9 Å². The Labute approximate surface area is 160 Å². The van der Waals surface area contributed by atoms with E-state index in [0.717, 1.165) is 10.8 Å². The molecule has 1 aromatic carbocycles. The van der Waals surface area contributed by atoms with Crippen LogP contribution in [0.15, 0.2) is 17.1 Å². The summed E-state index contributed by atoms with van der Waals surface area (Å²) in [7, 11) is -6.39. The number of alkyl halides is 3. The largest absolute Gasteiger partial charge is 0.534 e. The monoisotopic (exact) mass is 443 g/mol. The van der Waals surface area contributed by atoms with E-state index in [2.05, 4.69) is 4.18 Å². The highest BCUT2D eigenvalue weighted by Gasteiger charge is 2.49. The number of halogens is 5. The molecule has 2 aromatic rings. The first kappa shape index (κ1) is 22.6. The summed E-state index contributed by atoms with van der Waals surface area (Å²) in [6.07, 6.45) is 0.845. The zero-order valence-corrected chi connectivity index (χ0v) is 16.0. The normalized spacial score (nSPS) is 12.4. The van der Waals surface area contributed by atoms with E-state index in [-0.39, 0.29) is 6.61 Å². The van der Waals surface area contributed by atoms with Crippen molar-refractivity contribution in [3.05, 3.63) is 39.7 Å². The summed E-state index contributed by atoms with van der Waals surface area (Å²) in [4.78, 5) is 24.6. The average molecular weight is 443 g/mol. The van der Waals surface area contributed by atoms with Crippen molar-refractivity contribution in [1.29, 1.82) is 0 Å². The SMILES string of the molecule is CCOC(=O)c1cn(C(C)C)c2c(OS(=O)(=O)C(F)(F)F)c(F)c(F)cc2c1=O. The number of benzene rings is 1. The third-order valence-electron chi connectivity index (χ3n) is 3.69. The predicted octanol–water partition coefficient (Wildman–Crippen LogP) is 3.27. The van der Waals surface area contributed by atoms with Crippen LogP contribution in [-0.4, -0.2) is 31.1 Å². The van der Waals surface area contributed by atoms with Crippen molar-refractivity contribution in [1.82, 2.24) is 4.57 Å². The van der Waals surface area contributed by atoms with Crippen molar-refractivity contribution in [2.75, 3.05) is 6.61 Å². The maximum absolute atomic E-state index is 14.3. The van der Waals surface area contributed by atoms with Crippen LogP contribution in [0.25, 0.3) is 10.9 Å². The zero-order valence-electron chi connectivity index (χ0n) is 15.1. The topological polar surface area (TPSA) is 91.7 Å². The number of carbonyl (C=O) groups excluding carboxylic acids is 1. The Bertz CT molecular complexity index is 1140. The molecule has 2 rings (SSSR count). The fourth-order valence-corrected chi connectivity index (χ4v) is 2.89. The second-order valence-corrected chi connectivity index (χ2v) is 7.51. The third kappa shape index (κ3) is 4.04. The van der Waals surface area contributed by atoms with Gasteiger partial charge in [0.1, 0.15) is 11.1 Å². The first-order chi connectivity index (χ1) is 13.2. The van der Waals surface area contributed by atoms with Gasteiger partial charge in [-0.3, -0.25) is 4.79 Å². The van der Waals surface area contributed by atoms with Crippen molar-refractivity contribution in [3.8, 4) is 5.75 Å². The predicted molar refractivity (Wildman–Crippen MR) is 90.1 cm³/mol. The lowest BCUT2D eigenvalue weighted by Crippen LogP contribution is -2.29. The van der Waals surface area contributed by atoms with E-state index < -0.39 is 66.9 Å². The second kappa shape index (κ2) is 7.61. The molecule has 1 aromatic heterocycles. The Kier molecular flexibility index (Phi) is 5.93. The van der Waals surface area contributed by atoms with Gasteiger partial charge in [0, 0.05) is 12.2 Å². The molecule has 1 heterocycles. The van der Waals surface area contributed by atoms with Crippen LogP contribution in [0, 0.1) is 11.6 Å². The minimum atomic E-state index is -6.39. The van der Waals surface area contributed by atoms with E-state index in [1.165, 1.54) is 20.8 Å². The minimum absolute atomic E-state index is 0.117. The number of hydrogen-bond donors (Lipinski definition) is 0. The van der Waals surface area contributed by atoms with E-state index in [4.69, 9.17) is 4.74 Å². The Balaban J connectivity index is 2.99. The second-order valence-electron chi connectivity index (χ2n) is 5.97. The highest BCUT2D eigenvalue weighted by Crippen LogP contribution is 2.35. The summed E-state index contributed by atoms with van der Waals surface area (Å²) < 4.78 is 98.5. The van der Waals surface area contributed by atoms with Gasteiger partial charge in [0.05, 0.1) is 12.0 Å². The van der Waals surface area contributed by atoms with Gasteiger partial charge in [-0.05, 0) is 26.8 Å². The highest BCUT2D eigenvalue weighted by molar-refractivity contribution is 7.88. The molecule has 29 heavy (non-hydrogen) atoms. The molecular weight excluding hydrogens is 429 g/mol. The van der Waals surface area contributed by atoms with Crippen molar-refractivity contribution in [2.45, 2.75) is 32.3 Å². The number of fused-ring (bicyclic) bond motifs is 1. The van der Waals surface area contributed by atoms with Gasteiger partial charge in [-0.15, -0.1) is 0 Å². The molecule has 0 saturated carbocycles. The van der Waals surface area contributed by atoms with Crippen LogP contribution >= 0.6 is 0 Å². The zero-order chi connectivity index (χ0) is 22.3. The molecule has 0 atom stereocenters. The smallest absolute Gasteiger partial charge is 0.462 e. The quantitative estimate of drug-likeness (QED) is 0.305. The van der Waals surface area contributed by atoms with Gasteiger partial charge in [-0.1, -0.05) is 0 Å². The number of esters is 1. The van der Waals surface area contributed by atoms with E-state index in [1.54, 1.807) is 0 Å². The molecule has 0 aliphatic rings. The summed E-state index contributed by atoms with van der Waals surface area (Å²) in [5, 5.41) is -0.768. The van der Waals surface area contributed by atoms with Crippen LogP contribution in [0.4, 0.5) is 22.0 Å². The number of nitrogens with zero attached hydrogens (tertiary/aromatic N) is 1. The van der Waals surface area contributed by atoms with Crippen LogP contribution in [0.3, 0.4) is 0 Å². The van der Waals surface area contributed by atoms with Crippen LogP contribution in [0.1, 0.15) is 37.2 Å². The van der Waals surface area contributed by atoms with E-state index in [0.29, 0.717) is 6.07 Å². The lowest BCUT2D eigenvalue weighted by atomic mass is 10.1.